The Balaban J connectivity index is 1.42. The number of nitrogens with zero attached hydrogens (tertiary/aromatic N) is 2. The van der Waals surface area contributed by atoms with Crippen molar-refractivity contribution in [1.82, 2.24) is 14.6 Å². The van der Waals surface area contributed by atoms with Gasteiger partial charge >= 0.3 is 0 Å². The molecule has 7 nitrogen and oxygen atoms in total. The fraction of sp³-hybridized carbons (Fsp3) is 0.273. The molecule has 0 atom stereocenters. The second-order valence-electron chi connectivity index (χ2n) is 7.26. The normalized spacial score (nSPS) is 14.9. The van der Waals surface area contributed by atoms with E-state index in [-0.39, 0.29) is 18.2 Å². The molecule has 1 aliphatic heterocycles. The zero-order chi connectivity index (χ0) is 22.6. The van der Waals surface area contributed by atoms with E-state index in [2.05, 4.69) is 10.3 Å². The number of rotatable bonds is 7. The number of sulfonamides is 1. The van der Waals surface area contributed by atoms with Gasteiger partial charge in [-0.3, -0.25) is 4.79 Å². The summed E-state index contributed by atoms with van der Waals surface area (Å²) in [5.74, 6) is -0.427. The van der Waals surface area contributed by atoms with E-state index in [9.17, 15) is 13.2 Å². The van der Waals surface area contributed by atoms with Crippen molar-refractivity contribution >= 4 is 38.9 Å². The van der Waals surface area contributed by atoms with E-state index in [1.54, 1.807) is 29.6 Å². The van der Waals surface area contributed by atoms with Crippen LogP contribution in [0.2, 0.25) is 5.02 Å². The van der Waals surface area contributed by atoms with Gasteiger partial charge < -0.3 is 10.1 Å². The van der Waals surface area contributed by atoms with Crippen LogP contribution in [0, 0.1) is 0 Å². The molecule has 168 valence electrons. The summed E-state index contributed by atoms with van der Waals surface area (Å²) in [6.07, 6.45) is 0. The van der Waals surface area contributed by atoms with E-state index in [1.807, 2.05) is 24.3 Å². The number of nitrogens with one attached hydrogen (secondary N) is 1. The maximum Gasteiger partial charge on any atom is 0.271 e. The van der Waals surface area contributed by atoms with Crippen LogP contribution >= 0.6 is 22.9 Å². The Morgan fingerprint density at radius 2 is 1.78 bits per heavy atom. The highest BCUT2D eigenvalue weighted by Gasteiger charge is 2.25. The van der Waals surface area contributed by atoms with Gasteiger partial charge in [-0.1, -0.05) is 48.0 Å². The van der Waals surface area contributed by atoms with Crippen LogP contribution in [0.15, 0.2) is 53.9 Å². The maximum atomic E-state index is 12.8. The van der Waals surface area contributed by atoms with E-state index in [4.69, 9.17) is 16.3 Å². The van der Waals surface area contributed by atoms with Gasteiger partial charge in [-0.05, 0) is 23.3 Å². The van der Waals surface area contributed by atoms with Crippen molar-refractivity contribution < 1.29 is 17.9 Å². The van der Waals surface area contributed by atoms with Crippen molar-refractivity contribution in [2.24, 2.45) is 0 Å². The molecule has 0 bridgehead atoms. The van der Waals surface area contributed by atoms with Crippen molar-refractivity contribution in [1.29, 1.82) is 0 Å². The third-order valence-electron chi connectivity index (χ3n) is 5.09. The number of amides is 1. The molecular weight excluding hydrogens is 470 g/mol. The Morgan fingerprint density at radius 3 is 2.50 bits per heavy atom. The molecule has 1 aliphatic rings. The number of aromatic nitrogens is 1. The Hall–Kier alpha value is -2.30. The summed E-state index contributed by atoms with van der Waals surface area (Å²) in [6, 6.07) is 14.5. The van der Waals surface area contributed by atoms with Crippen LogP contribution in [0.3, 0.4) is 0 Å². The Morgan fingerprint density at radius 1 is 1.09 bits per heavy atom. The first-order valence-electron chi connectivity index (χ1n) is 10.0. The monoisotopic (exact) mass is 491 g/mol. The predicted molar refractivity (Wildman–Crippen MR) is 125 cm³/mol. The van der Waals surface area contributed by atoms with E-state index >= 15 is 0 Å². The SMILES string of the molecule is O=C(NCc1ccccc1CS(=O)(=O)N1CCOCC1)c1csc(-c2ccc(Cl)cc2)n1. The number of carbonyl (C=O) groups is 1. The molecule has 0 radical (unpaired) electrons. The predicted octanol–water partition coefficient (Wildman–Crippen LogP) is 3.56. The number of morpholine rings is 1. The highest BCUT2D eigenvalue weighted by Crippen LogP contribution is 2.25. The van der Waals surface area contributed by atoms with Gasteiger partial charge in [0, 0.05) is 35.6 Å². The largest absolute Gasteiger partial charge is 0.379 e. The lowest BCUT2D eigenvalue weighted by Crippen LogP contribution is -2.41. The molecule has 32 heavy (non-hydrogen) atoms. The molecule has 1 saturated heterocycles. The first kappa shape index (κ1) is 22.9. The molecule has 3 aromatic rings. The average molecular weight is 492 g/mol. The minimum Gasteiger partial charge on any atom is -0.379 e. The van der Waals surface area contributed by atoms with Crippen LogP contribution in [-0.2, 0) is 27.1 Å². The molecule has 1 N–H and O–H groups in total. The molecule has 2 aromatic carbocycles. The fourth-order valence-electron chi connectivity index (χ4n) is 3.35. The Labute approximate surface area is 196 Å². The van der Waals surface area contributed by atoms with Gasteiger partial charge in [0.2, 0.25) is 10.0 Å². The van der Waals surface area contributed by atoms with Crippen molar-refractivity contribution in [2.75, 3.05) is 26.3 Å². The number of carbonyl (C=O) groups excluding carboxylic acids is 1. The zero-order valence-corrected chi connectivity index (χ0v) is 19.5. The molecule has 10 heteroatoms. The van der Waals surface area contributed by atoms with E-state index in [1.165, 1.54) is 15.6 Å². The summed E-state index contributed by atoms with van der Waals surface area (Å²) in [6.45, 7) is 1.74. The third-order valence-corrected chi connectivity index (χ3v) is 8.06. The quantitative estimate of drug-likeness (QED) is 0.546. The molecular formula is C22H22ClN3O4S2. The van der Waals surface area contributed by atoms with Gasteiger partial charge in [0.1, 0.15) is 10.7 Å². The number of hydrogen-bond acceptors (Lipinski definition) is 6. The summed E-state index contributed by atoms with van der Waals surface area (Å²) >= 11 is 7.30. The van der Waals surface area contributed by atoms with E-state index in [0.29, 0.717) is 42.6 Å². The van der Waals surface area contributed by atoms with Crippen molar-refractivity contribution in [3.05, 3.63) is 75.8 Å². The Kier molecular flexibility index (Phi) is 7.22. The van der Waals surface area contributed by atoms with Crippen LogP contribution in [-0.4, -0.2) is 49.9 Å². The summed E-state index contributed by atoms with van der Waals surface area (Å²) in [5, 5.41) is 5.92. The van der Waals surface area contributed by atoms with Crippen molar-refractivity contribution in [2.45, 2.75) is 12.3 Å². The number of thiazole rings is 1. The van der Waals surface area contributed by atoms with Gasteiger partial charge in [0.15, 0.2) is 0 Å². The highest BCUT2D eigenvalue weighted by molar-refractivity contribution is 7.88. The Bertz CT molecular complexity index is 1190. The zero-order valence-electron chi connectivity index (χ0n) is 17.2. The summed E-state index contributed by atoms with van der Waals surface area (Å²) in [7, 11) is -3.46. The molecule has 0 unspecified atom stereocenters. The third kappa shape index (κ3) is 5.54. The molecule has 4 rings (SSSR count). The first-order chi connectivity index (χ1) is 15.4. The lowest BCUT2D eigenvalue weighted by Gasteiger charge is -2.26. The topological polar surface area (TPSA) is 88.6 Å². The molecule has 0 spiro atoms. The summed E-state index contributed by atoms with van der Waals surface area (Å²) in [4.78, 5) is 17.0. The van der Waals surface area contributed by atoms with E-state index < -0.39 is 10.0 Å². The second-order valence-corrected chi connectivity index (χ2v) is 10.5. The standard InChI is InChI=1S/C22H22ClN3O4S2/c23-19-7-5-16(6-8-19)22-25-20(14-31-22)21(27)24-13-17-3-1-2-4-18(17)15-32(28,29)26-9-11-30-12-10-26/h1-8,14H,9-13,15H2,(H,24,27). The molecule has 1 amide bonds. The molecule has 1 fully saturated rings. The number of hydrogen-bond donors (Lipinski definition) is 1. The van der Waals surface area contributed by atoms with Crippen LogP contribution < -0.4 is 5.32 Å². The number of benzene rings is 2. The smallest absolute Gasteiger partial charge is 0.271 e. The van der Waals surface area contributed by atoms with Crippen molar-refractivity contribution in [3.63, 3.8) is 0 Å². The van der Waals surface area contributed by atoms with Crippen LogP contribution in [0.5, 0.6) is 0 Å². The number of ether oxygens (including phenoxy) is 1. The van der Waals surface area contributed by atoms with Crippen LogP contribution in [0.25, 0.3) is 10.6 Å². The average Bonchev–Trinajstić information content (AvgIpc) is 3.30. The minimum absolute atomic E-state index is 0.115. The second kappa shape index (κ2) is 10.1. The number of halogens is 1. The minimum atomic E-state index is -3.46. The lowest BCUT2D eigenvalue weighted by molar-refractivity contribution is 0.0729. The van der Waals surface area contributed by atoms with Crippen LogP contribution in [0.4, 0.5) is 0 Å². The van der Waals surface area contributed by atoms with Gasteiger partial charge in [0.25, 0.3) is 5.91 Å². The summed E-state index contributed by atoms with van der Waals surface area (Å²) < 4.78 is 32.3. The fourth-order valence-corrected chi connectivity index (χ4v) is 5.85. The van der Waals surface area contributed by atoms with E-state index in [0.717, 1.165) is 16.1 Å². The van der Waals surface area contributed by atoms with Gasteiger partial charge in [-0.25, -0.2) is 13.4 Å². The van der Waals surface area contributed by atoms with Gasteiger partial charge in [0.05, 0.1) is 19.0 Å². The lowest BCUT2D eigenvalue weighted by atomic mass is 10.1. The highest BCUT2D eigenvalue weighted by atomic mass is 35.5. The molecule has 0 aliphatic carbocycles. The first-order valence-corrected chi connectivity index (χ1v) is 12.9. The molecule has 1 aromatic heterocycles. The summed E-state index contributed by atoms with van der Waals surface area (Å²) in [5.41, 5.74) is 2.63. The van der Waals surface area contributed by atoms with Gasteiger partial charge in [-0.2, -0.15) is 4.31 Å². The van der Waals surface area contributed by atoms with Crippen LogP contribution in [0.1, 0.15) is 21.6 Å². The maximum absolute atomic E-state index is 12.8. The van der Waals surface area contributed by atoms with Gasteiger partial charge in [-0.15, -0.1) is 11.3 Å². The van der Waals surface area contributed by atoms with Crippen molar-refractivity contribution in [3.8, 4) is 10.6 Å². The molecule has 0 saturated carbocycles. The molecule has 2 heterocycles.